The van der Waals surface area contributed by atoms with Crippen molar-refractivity contribution in [1.82, 2.24) is 15.2 Å². The van der Waals surface area contributed by atoms with Crippen LogP contribution < -0.4 is 5.32 Å². The van der Waals surface area contributed by atoms with Gasteiger partial charge in [0.25, 0.3) is 0 Å². The second kappa shape index (κ2) is 7.15. The predicted molar refractivity (Wildman–Crippen MR) is 79.5 cm³/mol. The number of thiocyanates is 1. The minimum Gasteiger partial charge on any atom is -0.365 e. The first kappa shape index (κ1) is 15.4. The second-order valence-electron chi connectivity index (χ2n) is 4.30. The van der Waals surface area contributed by atoms with Crippen molar-refractivity contribution in [2.24, 2.45) is 0 Å². The Hall–Kier alpha value is -1.98. The Balaban J connectivity index is 2.26. The monoisotopic (exact) mass is 325 g/mol. The third-order valence-electron chi connectivity index (χ3n) is 2.89. The summed E-state index contributed by atoms with van der Waals surface area (Å²) in [4.78, 5) is 16.4. The Morgan fingerprint density at radius 2 is 2.48 bits per heavy atom. The van der Waals surface area contributed by atoms with Gasteiger partial charge in [-0.25, -0.2) is 4.98 Å². The SMILES string of the molecule is N#CS/C(=C1\NCCCN1Cc1ccc(Cl)nc1)[N+](=O)[O-]. The van der Waals surface area contributed by atoms with E-state index in [0.717, 1.165) is 12.0 Å². The van der Waals surface area contributed by atoms with Gasteiger partial charge in [-0.05, 0) is 18.1 Å². The molecular weight excluding hydrogens is 314 g/mol. The first-order valence-corrected chi connectivity index (χ1v) is 7.35. The summed E-state index contributed by atoms with van der Waals surface area (Å²) in [5.41, 5.74) is 0.894. The quantitative estimate of drug-likeness (QED) is 0.392. The summed E-state index contributed by atoms with van der Waals surface area (Å²) in [5, 5.41) is 24.8. The van der Waals surface area contributed by atoms with Crippen molar-refractivity contribution in [3.63, 3.8) is 0 Å². The summed E-state index contributed by atoms with van der Waals surface area (Å²) >= 11 is 6.29. The van der Waals surface area contributed by atoms with Crippen LogP contribution in [0.2, 0.25) is 5.15 Å². The highest BCUT2D eigenvalue weighted by Gasteiger charge is 2.27. The molecule has 1 N–H and O–H groups in total. The highest BCUT2D eigenvalue weighted by Crippen LogP contribution is 2.24. The molecule has 0 aromatic carbocycles. The van der Waals surface area contributed by atoms with Crippen molar-refractivity contribution in [2.75, 3.05) is 13.1 Å². The number of rotatable bonds is 4. The van der Waals surface area contributed by atoms with Crippen LogP contribution in [0.1, 0.15) is 12.0 Å². The maximum Gasteiger partial charge on any atom is 0.357 e. The number of nitro groups is 1. The van der Waals surface area contributed by atoms with E-state index in [1.807, 2.05) is 11.0 Å². The summed E-state index contributed by atoms with van der Waals surface area (Å²) < 4.78 is 0. The number of pyridine rings is 1. The van der Waals surface area contributed by atoms with Crippen molar-refractivity contribution >= 4 is 23.4 Å². The zero-order chi connectivity index (χ0) is 15.2. The lowest BCUT2D eigenvalue weighted by Crippen LogP contribution is -2.40. The molecule has 1 aromatic heterocycles. The van der Waals surface area contributed by atoms with Gasteiger partial charge in [-0.1, -0.05) is 17.7 Å². The number of aromatic nitrogens is 1. The number of nitrogens with one attached hydrogen (secondary N) is 1. The number of nitriles is 1. The van der Waals surface area contributed by atoms with Gasteiger partial charge < -0.3 is 10.2 Å². The van der Waals surface area contributed by atoms with Gasteiger partial charge in [0.2, 0.25) is 0 Å². The molecule has 1 aliphatic rings. The van der Waals surface area contributed by atoms with Gasteiger partial charge in [-0.2, -0.15) is 5.26 Å². The van der Waals surface area contributed by atoms with Gasteiger partial charge in [0.15, 0.2) is 5.82 Å². The normalized spacial score (nSPS) is 16.9. The Bertz CT molecular complexity index is 599. The molecule has 0 amide bonds. The number of hydrogen-bond acceptors (Lipinski definition) is 7. The van der Waals surface area contributed by atoms with E-state index in [2.05, 4.69) is 10.3 Å². The fourth-order valence-corrected chi connectivity index (χ4v) is 2.58. The molecule has 0 spiro atoms. The highest BCUT2D eigenvalue weighted by atomic mass is 35.5. The molecule has 0 bridgehead atoms. The van der Waals surface area contributed by atoms with E-state index >= 15 is 0 Å². The lowest BCUT2D eigenvalue weighted by molar-refractivity contribution is -0.412. The van der Waals surface area contributed by atoms with Gasteiger partial charge >= 0.3 is 5.03 Å². The molecule has 1 aromatic rings. The largest absolute Gasteiger partial charge is 0.365 e. The summed E-state index contributed by atoms with van der Waals surface area (Å²) in [6, 6.07) is 3.50. The van der Waals surface area contributed by atoms with Crippen molar-refractivity contribution in [3.8, 4) is 5.40 Å². The molecule has 7 nitrogen and oxygen atoms in total. The summed E-state index contributed by atoms with van der Waals surface area (Å²) in [6.45, 7) is 1.79. The van der Waals surface area contributed by atoms with Crippen LogP contribution >= 0.6 is 23.4 Å². The topological polar surface area (TPSA) is 95.1 Å². The van der Waals surface area contributed by atoms with Gasteiger partial charge in [0.1, 0.15) is 10.6 Å². The van der Waals surface area contributed by atoms with Crippen LogP contribution in [0.25, 0.3) is 0 Å². The van der Waals surface area contributed by atoms with Crippen LogP contribution in [0.3, 0.4) is 0 Å². The highest BCUT2D eigenvalue weighted by molar-refractivity contribution is 8.07. The number of thioether (sulfide) groups is 1. The molecule has 1 fully saturated rings. The van der Waals surface area contributed by atoms with E-state index in [0.29, 0.717) is 42.4 Å². The third-order valence-corrected chi connectivity index (χ3v) is 3.74. The fourth-order valence-electron chi connectivity index (χ4n) is 2.00. The zero-order valence-electron chi connectivity index (χ0n) is 11.0. The summed E-state index contributed by atoms with van der Waals surface area (Å²) in [5.74, 6) is 0.382. The Morgan fingerprint density at radius 1 is 1.67 bits per heavy atom. The van der Waals surface area contributed by atoms with Crippen LogP contribution in [0, 0.1) is 20.8 Å². The molecule has 110 valence electrons. The average molecular weight is 326 g/mol. The molecule has 2 heterocycles. The first-order valence-electron chi connectivity index (χ1n) is 6.15. The molecule has 21 heavy (non-hydrogen) atoms. The fraction of sp³-hybridized carbons (Fsp3) is 0.333. The Morgan fingerprint density at radius 3 is 3.10 bits per heavy atom. The zero-order valence-corrected chi connectivity index (χ0v) is 12.5. The molecule has 0 aliphatic carbocycles. The molecule has 0 unspecified atom stereocenters. The second-order valence-corrected chi connectivity index (χ2v) is 5.46. The maximum atomic E-state index is 11.1. The molecule has 1 saturated heterocycles. The molecular formula is C12H12ClN5O2S. The van der Waals surface area contributed by atoms with Crippen molar-refractivity contribution in [2.45, 2.75) is 13.0 Å². The van der Waals surface area contributed by atoms with Gasteiger partial charge in [0.05, 0.1) is 16.7 Å². The first-order chi connectivity index (χ1) is 10.1. The van der Waals surface area contributed by atoms with Crippen LogP contribution in [-0.4, -0.2) is 27.9 Å². The Labute approximate surface area is 130 Å². The van der Waals surface area contributed by atoms with Crippen LogP contribution in [0.5, 0.6) is 0 Å². The van der Waals surface area contributed by atoms with Gasteiger partial charge in [-0.15, -0.1) is 0 Å². The Kier molecular flexibility index (Phi) is 5.25. The van der Waals surface area contributed by atoms with Crippen LogP contribution in [-0.2, 0) is 6.54 Å². The van der Waals surface area contributed by atoms with Crippen molar-refractivity contribution in [3.05, 3.63) is 50.0 Å². The minimum atomic E-state index is -0.533. The standard InChI is InChI=1S/C12H12ClN5O2S/c13-10-3-2-9(6-16-10)7-17-5-1-4-15-11(17)12(18(19)20)21-8-14/h2-3,6,15H,1,4-5,7H2/b12-11+. The van der Waals surface area contributed by atoms with E-state index in [1.165, 1.54) is 0 Å². The van der Waals surface area contributed by atoms with E-state index in [4.69, 9.17) is 16.9 Å². The van der Waals surface area contributed by atoms with E-state index in [9.17, 15) is 10.1 Å². The molecule has 2 rings (SSSR count). The third kappa shape index (κ3) is 4.00. The van der Waals surface area contributed by atoms with Gasteiger partial charge in [-0.3, -0.25) is 10.1 Å². The predicted octanol–water partition coefficient (Wildman–Crippen LogP) is 2.15. The number of hydrogen-bond donors (Lipinski definition) is 1. The van der Waals surface area contributed by atoms with Crippen molar-refractivity contribution < 1.29 is 4.92 Å². The van der Waals surface area contributed by atoms with Crippen LogP contribution in [0.15, 0.2) is 29.2 Å². The minimum absolute atomic E-state index is 0.181. The lowest BCUT2D eigenvalue weighted by atomic mass is 10.2. The van der Waals surface area contributed by atoms with E-state index in [1.54, 1.807) is 17.7 Å². The maximum absolute atomic E-state index is 11.1. The van der Waals surface area contributed by atoms with E-state index in [-0.39, 0.29) is 5.03 Å². The number of nitrogens with zero attached hydrogens (tertiary/aromatic N) is 4. The summed E-state index contributed by atoms with van der Waals surface area (Å²) in [6.07, 6.45) is 2.50. The van der Waals surface area contributed by atoms with Gasteiger partial charge in [0, 0.05) is 25.8 Å². The average Bonchev–Trinajstić information content (AvgIpc) is 2.48. The van der Waals surface area contributed by atoms with Crippen LogP contribution in [0.4, 0.5) is 0 Å². The molecule has 0 saturated carbocycles. The summed E-state index contributed by atoms with van der Waals surface area (Å²) in [7, 11) is 0. The molecule has 0 atom stereocenters. The number of halogens is 1. The lowest BCUT2D eigenvalue weighted by Gasteiger charge is -2.31. The molecule has 9 heteroatoms. The molecule has 0 radical (unpaired) electrons. The molecule has 1 aliphatic heterocycles. The smallest absolute Gasteiger partial charge is 0.357 e. The van der Waals surface area contributed by atoms with E-state index < -0.39 is 4.92 Å². The van der Waals surface area contributed by atoms with Crippen molar-refractivity contribution in [1.29, 1.82) is 5.26 Å².